The SMILES string of the molecule is CN(C)C(=O)[C@@]1(C)CN(Cc2ccc3[nH]ccc3c2)CCO1. The maximum absolute atomic E-state index is 12.3. The van der Waals surface area contributed by atoms with Crippen molar-refractivity contribution >= 4 is 16.8 Å². The fourth-order valence-electron chi connectivity index (χ4n) is 3.15. The van der Waals surface area contributed by atoms with E-state index in [1.807, 2.05) is 13.1 Å². The Bertz CT molecular complexity index is 679. The van der Waals surface area contributed by atoms with Crippen molar-refractivity contribution in [1.82, 2.24) is 14.8 Å². The van der Waals surface area contributed by atoms with Gasteiger partial charge in [0.2, 0.25) is 0 Å². The summed E-state index contributed by atoms with van der Waals surface area (Å²) < 4.78 is 5.78. The fraction of sp³-hybridized carbons (Fsp3) is 0.471. The Morgan fingerprint density at radius 2 is 2.23 bits per heavy atom. The lowest BCUT2D eigenvalue weighted by atomic mass is 10.0. The van der Waals surface area contributed by atoms with Crippen molar-refractivity contribution in [2.24, 2.45) is 0 Å². The first-order valence-electron chi connectivity index (χ1n) is 7.62. The van der Waals surface area contributed by atoms with Crippen LogP contribution in [0.5, 0.6) is 0 Å². The van der Waals surface area contributed by atoms with Gasteiger partial charge in [0.15, 0.2) is 5.60 Å². The van der Waals surface area contributed by atoms with E-state index >= 15 is 0 Å². The Morgan fingerprint density at radius 3 is 3.00 bits per heavy atom. The van der Waals surface area contributed by atoms with E-state index in [1.165, 1.54) is 10.9 Å². The molecule has 0 spiro atoms. The van der Waals surface area contributed by atoms with Gasteiger partial charge in [-0.3, -0.25) is 9.69 Å². The van der Waals surface area contributed by atoms with E-state index in [2.05, 4.69) is 34.1 Å². The number of amides is 1. The standard InChI is InChI=1S/C17H23N3O2/c1-17(16(21)19(2)3)12-20(8-9-22-17)11-13-4-5-15-14(10-13)6-7-18-15/h4-7,10,18H,8-9,11-12H2,1-3H3/t17-/m1/s1. The summed E-state index contributed by atoms with van der Waals surface area (Å²) in [7, 11) is 3.55. The second-order valence-electron chi connectivity index (χ2n) is 6.39. The molecule has 0 bridgehead atoms. The summed E-state index contributed by atoms with van der Waals surface area (Å²) in [5, 5.41) is 1.22. The van der Waals surface area contributed by atoms with E-state index in [1.54, 1.807) is 19.0 Å². The fourth-order valence-corrected chi connectivity index (χ4v) is 3.15. The van der Waals surface area contributed by atoms with Crippen molar-refractivity contribution in [2.75, 3.05) is 33.8 Å². The van der Waals surface area contributed by atoms with E-state index in [4.69, 9.17) is 4.74 Å². The first-order chi connectivity index (χ1) is 10.5. The third-order valence-electron chi connectivity index (χ3n) is 4.24. The Hall–Kier alpha value is -1.85. The zero-order chi connectivity index (χ0) is 15.7. The molecular weight excluding hydrogens is 278 g/mol. The van der Waals surface area contributed by atoms with Crippen LogP contribution in [0, 0.1) is 0 Å². The molecule has 0 unspecified atom stereocenters. The van der Waals surface area contributed by atoms with Crippen molar-refractivity contribution < 1.29 is 9.53 Å². The number of hydrogen-bond donors (Lipinski definition) is 1. The van der Waals surface area contributed by atoms with Crippen LogP contribution in [0.15, 0.2) is 30.5 Å². The number of likely N-dealkylation sites (N-methyl/N-ethyl adjacent to an activating group) is 1. The molecule has 1 fully saturated rings. The molecule has 118 valence electrons. The highest BCUT2D eigenvalue weighted by Crippen LogP contribution is 2.22. The van der Waals surface area contributed by atoms with E-state index < -0.39 is 5.60 Å². The highest BCUT2D eigenvalue weighted by atomic mass is 16.5. The second kappa shape index (κ2) is 5.74. The maximum Gasteiger partial charge on any atom is 0.255 e. The average Bonchev–Trinajstić information content (AvgIpc) is 2.94. The zero-order valence-electron chi connectivity index (χ0n) is 13.4. The van der Waals surface area contributed by atoms with Crippen molar-refractivity contribution in [2.45, 2.75) is 19.1 Å². The van der Waals surface area contributed by atoms with Crippen LogP contribution < -0.4 is 0 Å². The van der Waals surface area contributed by atoms with Crippen LogP contribution in [0.1, 0.15) is 12.5 Å². The Morgan fingerprint density at radius 1 is 1.41 bits per heavy atom. The number of fused-ring (bicyclic) bond motifs is 1. The maximum atomic E-state index is 12.3. The minimum absolute atomic E-state index is 0.0262. The lowest BCUT2D eigenvalue weighted by Gasteiger charge is -2.40. The summed E-state index contributed by atoms with van der Waals surface area (Å²) in [5.74, 6) is 0.0262. The van der Waals surface area contributed by atoms with Crippen LogP contribution in [0.4, 0.5) is 0 Å². The number of nitrogens with one attached hydrogen (secondary N) is 1. The summed E-state index contributed by atoms with van der Waals surface area (Å²) in [6, 6.07) is 8.53. The summed E-state index contributed by atoms with van der Waals surface area (Å²) in [6.07, 6.45) is 1.95. The Balaban J connectivity index is 1.73. The van der Waals surface area contributed by atoms with E-state index in [0.29, 0.717) is 13.2 Å². The van der Waals surface area contributed by atoms with Crippen molar-refractivity contribution in [1.29, 1.82) is 0 Å². The van der Waals surface area contributed by atoms with Gasteiger partial charge in [-0.1, -0.05) is 6.07 Å². The second-order valence-corrected chi connectivity index (χ2v) is 6.39. The quantitative estimate of drug-likeness (QED) is 0.941. The predicted molar refractivity (Wildman–Crippen MR) is 86.6 cm³/mol. The average molecular weight is 301 g/mol. The smallest absolute Gasteiger partial charge is 0.255 e. The number of H-pyrrole nitrogens is 1. The summed E-state index contributed by atoms with van der Waals surface area (Å²) >= 11 is 0. The van der Waals surface area contributed by atoms with Gasteiger partial charge in [0.1, 0.15) is 0 Å². The number of aromatic amines is 1. The number of morpholine rings is 1. The number of nitrogens with zero attached hydrogens (tertiary/aromatic N) is 2. The molecule has 1 saturated heterocycles. The van der Waals surface area contributed by atoms with Gasteiger partial charge in [0.05, 0.1) is 6.61 Å². The minimum atomic E-state index is -0.750. The molecule has 0 aliphatic carbocycles. The molecule has 0 radical (unpaired) electrons. The van der Waals surface area contributed by atoms with Gasteiger partial charge in [0.25, 0.3) is 5.91 Å². The minimum Gasteiger partial charge on any atom is -0.363 e. The van der Waals surface area contributed by atoms with Crippen molar-refractivity contribution in [3.05, 3.63) is 36.0 Å². The van der Waals surface area contributed by atoms with Gasteiger partial charge in [0, 0.05) is 45.4 Å². The van der Waals surface area contributed by atoms with Crippen molar-refractivity contribution in [3.63, 3.8) is 0 Å². The first-order valence-corrected chi connectivity index (χ1v) is 7.62. The lowest BCUT2D eigenvalue weighted by Crippen LogP contribution is -2.57. The zero-order valence-corrected chi connectivity index (χ0v) is 13.4. The first kappa shape index (κ1) is 15.1. The van der Waals surface area contributed by atoms with Gasteiger partial charge in [-0.25, -0.2) is 0 Å². The highest BCUT2D eigenvalue weighted by molar-refractivity contribution is 5.85. The highest BCUT2D eigenvalue weighted by Gasteiger charge is 2.40. The third kappa shape index (κ3) is 2.87. The number of aromatic nitrogens is 1. The van der Waals surface area contributed by atoms with Crippen LogP contribution in [-0.4, -0.2) is 60.1 Å². The molecule has 2 aromatic rings. The number of carbonyl (C=O) groups is 1. The van der Waals surface area contributed by atoms with Gasteiger partial charge in [-0.05, 0) is 36.1 Å². The van der Waals surface area contributed by atoms with Gasteiger partial charge >= 0.3 is 0 Å². The number of benzene rings is 1. The molecule has 1 aliphatic heterocycles. The number of carbonyl (C=O) groups excluding carboxylic acids is 1. The summed E-state index contributed by atoms with van der Waals surface area (Å²) in [4.78, 5) is 19.4. The van der Waals surface area contributed by atoms with Gasteiger partial charge in [-0.15, -0.1) is 0 Å². The monoisotopic (exact) mass is 301 g/mol. The van der Waals surface area contributed by atoms with Crippen LogP contribution in [0.2, 0.25) is 0 Å². The molecule has 5 nitrogen and oxygen atoms in total. The van der Waals surface area contributed by atoms with Crippen LogP contribution in [-0.2, 0) is 16.1 Å². The van der Waals surface area contributed by atoms with E-state index in [9.17, 15) is 4.79 Å². The third-order valence-corrected chi connectivity index (χ3v) is 4.24. The Kier molecular flexibility index (Phi) is 3.93. The van der Waals surface area contributed by atoms with Crippen molar-refractivity contribution in [3.8, 4) is 0 Å². The molecule has 1 N–H and O–H groups in total. The molecule has 1 aromatic carbocycles. The Labute approximate surface area is 130 Å². The molecule has 3 rings (SSSR count). The molecule has 1 aliphatic rings. The largest absolute Gasteiger partial charge is 0.363 e. The normalized spacial score (nSPS) is 22.9. The number of rotatable bonds is 3. The number of hydrogen-bond acceptors (Lipinski definition) is 3. The molecule has 5 heteroatoms. The van der Waals surface area contributed by atoms with Crippen LogP contribution in [0.25, 0.3) is 10.9 Å². The molecule has 2 heterocycles. The molecule has 1 amide bonds. The molecule has 22 heavy (non-hydrogen) atoms. The molecule has 0 saturated carbocycles. The summed E-state index contributed by atoms with van der Waals surface area (Å²) in [5.41, 5.74) is 1.66. The van der Waals surface area contributed by atoms with Crippen LogP contribution >= 0.6 is 0 Å². The molecular formula is C17H23N3O2. The van der Waals surface area contributed by atoms with Gasteiger partial charge in [-0.2, -0.15) is 0 Å². The lowest BCUT2D eigenvalue weighted by molar-refractivity contribution is -0.165. The number of ether oxygens (including phenoxy) is 1. The molecule has 1 atom stereocenters. The molecule has 1 aromatic heterocycles. The van der Waals surface area contributed by atoms with E-state index in [0.717, 1.165) is 18.6 Å². The van der Waals surface area contributed by atoms with Gasteiger partial charge < -0.3 is 14.6 Å². The predicted octanol–water partition coefficient (Wildman–Crippen LogP) is 1.85. The topological polar surface area (TPSA) is 48.6 Å². The van der Waals surface area contributed by atoms with E-state index in [-0.39, 0.29) is 5.91 Å². The van der Waals surface area contributed by atoms with Crippen LogP contribution in [0.3, 0.4) is 0 Å². The summed E-state index contributed by atoms with van der Waals surface area (Å²) in [6.45, 7) is 4.77.